The molecule has 0 aliphatic rings. The molecule has 0 N–H and O–H groups in total. The molecular weight excluding hydrogens is 284 g/mol. The summed E-state index contributed by atoms with van der Waals surface area (Å²) in [5, 5.41) is 0.806. The van der Waals surface area contributed by atoms with E-state index in [0.717, 1.165) is 16.6 Å². The number of carbonyl (C=O) groups excluding carboxylic acids is 1. The van der Waals surface area contributed by atoms with Crippen molar-refractivity contribution >= 4 is 17.5 Å². The Morgan fingerprint density at radius 2 is 2.14 bits per heavy atom. The molecule has 0 radical (unpaired) electrons. The first-order valence-corrected chi connectivity index (χ1v) is 7.74. The lowest BCUT2D eigenvalue weighted by Gasteiger charge is -2.16. The summed E-state index contributed by atoms with van der Waals surface area (Å²) in [6.07, 6.45) is 3.63. The van der Waals surface area contributed by atoms with Crippen LogP contribution < -0.4 is 4.74 Å². The minimum absolute atomic E-state index is 0.215. The fraction of sp³-hybridized carbons (Fsp3) is 0.375. The SMILES string of the molecule is COc1cccc(-n2ccnc2SCC(=O)C(C)(C)C)c1. The van der Waals surface area contributed by atoms with Gasteiger partial charge < -0.3 is 4.74 Å². The van der Waals surface area contributed by atoms with Crippen molar-refractivity contribution in [1.82, 2.24) is 9.55 Å². The number of methoxy groups -OCH3 is 1. The highest BCUT2D eigenvalue weighted by Gasteiger charge is 2.21. The number of thioether (sulfide) groups is 1. The van der Waals surface area contributed by atoms with E-state index in [4.69, 9.17) is 4.74 Å². The lowest BCUT2D eigenvalue weighted by Crippen LogP contribution is -2.22. The van der Waals surface area contributed by atoms with Crippen LogP contribution in [-0.4, -0.2) is 28.2 Å². The summed E-state index contributed by atoms with van der Waals surface area (Å²) >= 11 is 1.46. The van der Waals surface area contributed by atoms with Crippen molar-refractivity contribution in [3.05, 3.63) is 36.7 Å². The van der Waals surface area contributed by atoms with Gasteiger partial charge in [0.05, 0.1) is 18.6 Å². The second kappa shape index (κ2) is 6.35. The number of hydrogen-bond donors (Lipinski definition) is 0. The van der Waals surface area contributed by atoms with E-state index in [2.05, 4.69) is 4.98 Å². The molecule has 0 spiro atoms. The van der Waals surface area contributed by atoms with Crippen LogP contribution in [0.15, 0.2) is 41.8 Å². The summed E-state index contributed by atoms with van der Waals surface area (Å²) < 4.78 is 7.20. The van der Waals surface area contributed by atoms with Gasteiger partial charge >= 0.3 is 0 Å². The largest absolute Gasteiger partial charge is 0.497 e. The average Bonchev–Trinajstić information content (AvgIpc) is 2.92. The normalized spacial score (nSPS) is 11.4. The Morgan fingerprint density at radius 1 is 1.38 bits per heavy atom. The number of carbonyl (C=O) groups is 1. The van der Waals surface area contributed by atoms with E-state index in [9.17, 15) is 4.79 Å². The summed E-state index contributed by atoms with van der Waals surface area (Å²) in [5.74, 6) is 1.43. The van der Waals surface area contributed by atoms with Crippen LogP contribution in [0, 0.1) is 5.41 Å². The molecule has 1 heterocycles. The number of nitrogens with zero attached hydrogens (tertiary/aromatic N) is 2. The molecule has 21 heavy (non-hydrogen) atoms. The maximum Gasteiger partial charge on any atom is 0.173 e. The summed E-state index contributed by atoms with van der Waals surface area (Å²) in [5.41, 5.74) is 0.651. The first-order valence-electron chi connectivity index (χ1n) is 6.75. The molecule has 1 aromatic heterocycles. The molecule has 0 saturated heterocycles. The Bertz CT molecular complexity index is 629. The number of rotatable bonds is 5. The quantitative estimate of drug-likeness (QED) is 0.792. The van der Waals surface area contributed by atoms with Crippen molar-refractivity contribution in [2.45, 2.75) is 25.9 Å². The predicted molar refractivity (Wildman–Crippen MR) is 85.3 cm³/mol. The zero-order valence-electron chi connectivity index (χ0n) is 12.8. The molecule has 1 aromatic carbocycles. The second-order valence-electron chi connectivity index (χ2n) is 5.74. The standard InChI is InChI=1S/C16H20N2O2S/c1-16(2,3)14(19)11-21-15-17-8-9-18(15)12-6-5-7-13(10-12)20-4/h5-10H,11H2,1-4H3. The van der Waals surface area contributed by atoms with Crippen molar-refractivity contribution in [3.8, 4) is 11.4 Å². The fourth-order valence-corrected chi connectivity index (χ4v) is 2.83. The van der Waals surface area contributed by atoms with Crippen LogP contribution in [0.25, 0.3) is 5.69 Å². The number of ketones is 1. The first kappa shape index (κ1) is 15.6. The van der Waals surface area contributed by atoms with Gasteiger partial charge in [-0.25, -0.2) is 4.98 Å². The number of aromatic nitrogens is 2. The maximum absolute atomic E-state index is 12.0. The Labute approximate surface area is 129 Å². The maximum atomic E-state index is 12.0. The van der Waals surface area contributed by atoms with Crippen molar-refractivity contribution in [1.29, 1.82) is 0 Å². The van der Waals surface area contributed by atoms with Gasteiger partial charge in [0.15, 0.2) is 5.16 Å². The zero-order valence-corrected chi connectivity index (χ0v) is 13.6. The van der Waals surface area contributed by atoms with Gasteiger partial charge in [0.1, 0.15) is 11.5 Å². The van der Waals surface area contributed by atoms with E-state index in [-0.39, 0.29) is 11.2 Å². The number of ether oxygens (including phenoxy) is 1. The Morgan fingerprint density at radius 3 is 2.81 bits per heavy atom. The highest BCUT2D eigenvalue weighted by atomic mass is 32.2. The van der Waals surface area contributed by atoms with Crippen LogP contribution in [-0.2, 0) is 4.79 Å². The average molecular weight is 304 g/mol. The van der Waals surface area contributed by atoms with E-state index in [1.54, 1.807) is 13.3 Å². The molecule has 112 valence electrons. The van der Waals surface area contributed by atoms with Gasteiger partial charge in [0, 0.05) is 23.9 Å². The summed E-state index contributed by atoms with van der Waals surface area (Å²) in [6, 6.07) is 7.76. The lowest BCUT2D eigenvalue weighted by molar-refractivity contribution is -0.123. The van der Waals surface area contributed by atoms with Gasteiger partial charge in [-0.1, -0.05) is 38.6 Å². The Kier molecular flexibility index (Phi) is 4.73. The van der Waals surface area contributed by atoms with E-state index < -0.39 is 0 Å². The Hall–Kier alpha value is -1.75. The number of imidazole rings is 1. The molecule has 0 fully saturated rings. The van der Waals surface area contributed by atoms with Crippen molar-refractivity contribution in [2.24, 2.45) is 5.41 Å². The molecule has 2 aromatic rings. The van der Waals surface area contributed by atoms with Gasteiger partial charge in [-0.3, -0.25) is 9.36 Å². The number of benzene rings is 1. The third-order valence-corrected chi connectivity index (χ3v) is 4.07. The highest BCUT2D eigenvalue weighted by Crippen LogP contribution is 2.25. The van der Waals surface area contributed by atoms with Crippen LogP contribution in [0.5, 0.6) is 5.75 Å². The zero-order chi connectivity index (χ0) is 15.5. The second-order valence-corrected chi connectivity index (χ2v) is 6.69. The van der Waals surface area contributed by atoms with Crippen LogP contribution >= 0.6 is 11.8 Å². The van der Waals surface area contributed by atoms with E-state index in [0.29, 0.717) is 5.75 Å². The van der Waals surface area contributed by atoms with E-state index >= 15 is 0 Å². The Balaban J connectivity index is 2.17. The van der Waals surface area contributed by atoms with Crippen LogP contribution in [0.2, 0.25) is 0 Å². The van der Waals surface area contributed by atoms with Crippen molar-refractivity contribution in [3.63, 3.8) is 0 Å². The molecule has 0 saturated carbocycles. The molecule has 0 unspecified atom stereocenters. The topological polar surface area (TPSA) is 44.1 Å². The van der Waals surface area contributed by atoms with Crippen LogP contribution in [0.3, 0.4) is 0 Å². The molecule has 0 aliphatic carbocycles. The van der Waals surface area contributed by atoms with E-state index in [1.807, 2.05) is 55.8 Å². The summed E-state index contributed by atoms with van der Waals surface area (Å²) in [7, 11) is 1.64. The molecule has 5 heteroatoms. The summed E-state index contributed by atoms with van der Waals surface area (Å²) in [4.78, 5) is 16.4. The molecular formula is C16H20N2O2S. The smallest absolute Gasteiger partial charge is 0.173 e. The number of hydrogen-bond acceptors (Lipinski definition) is 4. The predicted octanol–water partition coefficient (Wildman–Crippen LogP) is 3.59. The highest BCUT2D eigenvalue weighted by molar-refractivity contribution is 7.99. The van der Waals surface area contributed by atoms with Crippen molar-refractivity contribution < 1.29 is 9.53 Å². The third kappa shape index (κ3) is 3.88. The minimum atomic E-state index is -0.319. The van der Waals surface area contributed by atoms with Gasteiger partial charge in [-0.2, -0.15) is 0 Å². The third-order valence-electron chi connectivity index (χ3n) is 3.11. The van der Waals surface area contributed by atoms with Gasteiger partial charge in [0.25, 0.3) is 0 Å². The summed E-state index contributed by atoms with van der Waals surface area (Å²) in [6.45, 7) is 5.80. The molecule has 2 rings (SSSR count). The van der Waals surface area contributed by atoms with Gasteiger partial charge in [-0.15, -0.1) is 0 Å². The molecule has 0 bridgehead atoms. The van der Waals surface area contributed by atoms with Crippen LogP contribution in [0.4, 0.5) is 0 Å². The van der Waals surface area contributed by atoms with Crippen molar-refractivity contribution in [2.75, 3.05) is 12.9 Å². The van der Waals surface area contributed by atoms with Crippen LogP contribution in [0.1, 0.15) is 20.8 Å². The molecule has 4 nitrogen and oxygen atoms in total. The fourth-order valence-electron chi connectivity index (χ4n) is 1.70. The van der Waals surface area contributed by atoms with E-state index in [1.165, 1.54) is 11.8 Å². The molecule has 0 atom stereocenters. The monoisotopic (exact) mass is 304 g/mol. The lowest BCUT2D eigenvalue weighted by atomic mass is 9.92. The molecule has 0 aliphatic heterocycles. The molecule has 0 amide bonds. The minimum Gasteiger partial charge on any atom is -0.497 e. The van der Waals surface area contributed by atoms with Gasteiger partial charge in [-0.05, 0) is 12.1 Å². The number of Topliss-reactive ketones (excluding diaryl/α,β-unsaturated/α-hetero) is 1. The van der Waals surface area contributed by atoms with Gasteiger partial charge in [0.2, 0.25) is 0 Å². The first-order chi connectivity index (χ1) is 9.91.